The van der Waals surface area contributed by atoms with Crippen LogP contribution in [0.25, 0.3) is 6.08 Å². The molecule has 4 rings (SSSR count). The molecule has 2 aliphatic rings. The molecule has 3 heterocycles. The minimum absolute atomic E-state index is 0.0312. The second kappa shape index (κ2) is 8.75. The van der Waals surface area contributed by atoms with E-state index >= 15 is 0 Å². The highest BCUT2D eigenvalue weighted by Crippen LogP contribution is 2.28. The summed E-state index contributed by atoms with van der Waals surface area (Å²) in [4.78, 5) is 14.2. The van der Waals surface area contributed by atoms with Gasteiger partial charge >= 0.3 is 0 Å². The normalized spacial score (nSPS) is 20.6. The molecule has 0 bridgehead atoms. The summed E-state index contributed by atoms with van der Waals surface area (Å²) in [6.45, 7) is 1.36. The molecule has 152 valence electrons. The number of halogens is 2. The number of carbonyl (C=O) groups is 1. The molecule has 2 saturated heterocycles. The molecule has 1 amide bonds. The predicted octanol–water partition coefficient (Wildman–Crippen LogP) is 4.40. The lowest BCUT2D eigenvalue weighted by molar-refractivity contribution is -0.123. The average Bonchev–Trinajstić information content (AvgIpc) is 3.42. The second-order valence-electron chi connectivity index (χ2n) is 6.71. The summed E-state index contributed by atoms with van der Waals surface area (Å²) >= 11 is 17.3. The summed E-state index contributed by atoms with van der Waals surface area (Å²) < 4.78 is 17.0. The zero-order valence-electron chi connectivity index (χ0n) is 15.3. The van der Waals surface area contributed by atoms with E-state index < -0.39 is 0 Å². The van der Waals surface area contributed by atoms with Crippen LogP contribution in [0.4, 0.5) is 0 Å². The molecule has 1 N–H and O–H groups in total. The van der Waals surface area contributed by atoms with E-state index in [0.29, 0.717) is 44.7 Å². The monoisotopic (exact) mass is 452 g/mol. The number of furan rings is 1. The Bertz CT molecular complexity index is 969. The molecule has 0 saturated carbocycles. The summed E-state index contributed by atoms with van der Waals surface area (Å²) in [5, 5.41) is 4.32. The maximum Gasteiger partial charge on any atom is 0.276 e. The maximum absolute atomic E-state index is 12.7. The topological polar surface area (TPSA) is 63.9 Å². The smallest absolute Gasteiger partial charge is 0.276 e. The summed E-state index contributed by atoms with van der Waals surface area (Å²) in [6, 6.07) is 8.52. The predicted molar refractivity (Wildman–Crippen MR) is 114 cm³/mol. The Balaban J connectivity index is 1.40. The first-order chi connectivity index (χ1) is 14.0. The number of hydrogen-bond donors (Lipinski definition) is 1. The lowest BCUT2D eigenvalue weighted by Crippen LogP contribution is -2.37. The van der Waals surface area contributed by atoms with Gasteiger partial charge in [0.25, 0.3) is 5.91 Å². The van der Waals surface area contributed by atoms with Crippen molar-refractivity contribution in [1.29, 1.82) is 0 Å². The second-order valence-corrected chi connectivity index (χ2v) is 7.94. The van der Waals surface area contributed by atoms with Gasteiger partial charge in [-0.2, -0.15) is 0 Å². The molecular formula is C20H18Cl2N2O4S. The number of nitrogens with zero attached hydrogens (tertiary/aromatic N) is 1. The van der Waals surface area contributed by atoms with Gasteiger partial charge in [0.05, 0.1) is 17.7 Å². The van der Waals surface area contributed by atoms with Crippen LogP contribution in [0.5, 0.6) is 5.75 Å². The third-order valence-electron chi connectivity index (χ3n) is 4.60. The molecule has 0 radical (unpaired) electrons. The van der Waals surface area contributed by atoms with E-state index in [1.165, 1.54) is 4.90 Å². The van der Waals surface area contributed by atoms with Crippen molar-refractivity contribution in [3.05, 3.63) is 57.6 Å². The number of carbonyl (C=O) groups excluding carboxylic acids is 1. The third-order valence-corrected chi connectivity index (χ3v) is 5.47. The van der Waals surface area contributed by atoms with E-state index in [0.717, 1.165) is 19.4 Å². The van der Waals surface area contributed by atoms with Gasteiger partial charge in [-0.15, -0.1) is 0 Å². The molecule has 1 unspecified atom stereocenters. The lowest BCUT2D eigenvalue weighted by atomic mass is 10.2. The van der Waals surface area contributed by atoms with Gasteiger partial charge in [-0.25, -0.2) is 0 Å². The molecule has 2 fully saturated rings. The average molecular weight is 453 g/mol. The van der Waals surface area contributed by atoms with E-state index in [1.54, 1.807) is 36.4 Å². The van der Waals surface area contributed by atoms with Gasteiger partial charge < -0.3 is 19.2 Å². The maximum atomic E-state index is 12.7. The van der Waals surface area contributed by atoms with Crippen LogP contribution in [0.2, 0.25) is 10.0 Å². The standard InChI is InChI=1S/C20H18Cl2N2O4S/c21-12-3-6-16(22)18(8-12)27-11-15-5-4-13(28-15)9-17-19(25)24(20(29)23-17)10-14-2-1-7-26-14/h3-6,8-9,14H,1-2,7,10-11H2,(H,23,29)/b17-9+. The van der Waals surface area contributed by atoms with E-state index in [1.807, 2.05) is 0 Å². The Morgan fingerprint density at radius 1 is 1.31 bits per heavy atom. The van der Waals surface area contributed by atoms with E-state index in [9.17, 15) is 4.79 Å². The molecular weight excluding hydrogens is 435 g/mol. The van der Waals surface area contributed by atoms with E-state index in [2.05, 4.69) is 5.32 Å². The van der Waals surface area contributed by atoms with Crippen molar-refractivity contribution in [2.75, 3.05) is 13.2 Å². The van der Waals surface area contributed by atoms with Gasteiger partial charge in [0.15, 0.2) is 5.11 Å². The van der Waals surface area contributed by atoms with Crippen LogP contribution >= 0.6 is 35.4 Å². The Morgan fingerprint density at radius 2 is 2.17 bits per heavy atom. The van der Waals surface area contributed by atoms with Crippen molar-refractivity contribution in [2.24, 2.45) is 0 Å². The van der Waals surface area contributed by atoms with Crippen LogP contribution in [0.3, 0.4) is 0 Å². The Labute approximate surface area is 183 Å². The minimum Gasteiger partial charge on any atom is -0.484 e. The van der Waals surface area contributed by atoms with Crippen LogP contribution in [-0.2, 0) is 16.1 Å². The summed E-state index contributed by atoms with van der Waals surface area (Å²) in [5.74, 6) is 1.37. The first kappa shape index (κ1) is 20.2. The number of benzene rings is 1. The number of nitrogens with one attached hydrogen (secondary N) is 1. The van der Waals surface area contributed by atoms with Gasteiger partial charge in [-0.3, -0.25) is 9.69 Å². The zero-order valence-corrected chi connectivity index (χ0v) is 17.6. The number of rotatable bonds is 6. The van der Waals surface area contributed by atoms with Gasteiger partial charge in [-0.1, -0.05) is 23.2 Å². The van der Waals surface area contributed by atoms with Crippen molar-refractivity contribution in [3.63, 3.8) is 0 Å². The highest BCUT2D eigenvalue weighted by molar-refractivity contribution is 7.80. The summed E-state index contributed by atoms with van der Waals surface area (Å²) in [5.41, 5.74) is 0.368. The number of thiocarbonyl (C=S) groups is 1. The summed E-state index contributed by atoms with van der Waals surface area (Å²) in [7, 11) is 0. The number of amides is 1. The largest absolute Gasteiger partial charge is 0.484 e. The van der Waals surface area contributed by atoms with Gasteiger partial charge in [0.2, 0.25) is 0 Å². The third kappa shape index (κ3) is 4.75. The van der Waals surface area contributed by atoms with Crippen molar-refractivity contribution in [1.82, 2.24) is 10.2 Å². The molecule has 2 aromatic rings. The van der Waals surface area contributed by atoms with Crippen LogP contribution in [0, 0.1) is 0 Å². The van der Waals surface area contributed by atoms with Crippen molar-refractivity contribution >= 4 is 52.5 Å². The van der Waals surface area contributed by atoms with Crippen LogP contribution in [0.15, 0.2) is 40.4 Å². The van der Waals surface area contributed by atoms with Crippen LogP contribution < -0.4 is 10.1 Å². The van der Waals surface area contributed by atoms with E-state index in [4.69, 9.17) is 49.3 Å². The van der Waals surface area contributed by atoms with Crippen molar-refractivity contribution in [3.8, 4) is 5.75 Å². The fourth-order valence-corrected chi connectivity index (χ4v) is 3.76. The Kier molecular flexibility index (Phi) is 6.10. The van der Waals surface area contributed by atoms with Crippen molar-refractivity contribution < 1.29 is 18.7 Å². The van der Waals surface area contributed by atoms with Crippen LogP contribution in [-0.4, -0.2) is 35.2 Å². The quantitative estimate of drug-likeness (QED) is 0.517. The Hall–Kier alpha value is -2.06. The van der Waals surface area contributed by atoms with Gasteiger partial charge in [0, 0.05) is 23.8 Å². The van der Waals surface area contributed by atoms with Gasteiger partial charge in [0.1, 0.15) is 29.6 Å². The molecule has 0 spiro atoms. The minimum atomic E-state index is -0.189. The lowest BCUT2D eigenvalue weighted by Gasteiger charge is -2.18. The van der Waals surface area contributed by atoms with Crippen LogP contribution in [0.1, 0.15) is 24.4 Å². The molecule has 1 aromatic carbocycles. The number of ether oxygens (including phenoxy) is 2. The molecule has 1 atom stereocenters. The first-order valence-electron chi connectivity index (χ1n) is 9.12. The summed E-state index contributed by atoms with van der Waals surface area (Å²) in [6.07, 6.45) is 3.60. The Morgan fingerprint density at radius 3 is 2.97 bits per heavy atom. The molecule has 9 heteroatoms. The van der Waals surface area contributed by atoms with E-state index in [-0.39, 0.29) is 18.6 Å². The van der Waals surface area contributed by atoms with Crippen molar-refractivity contribution in [2.45, 2.75) is 25.6 Å². The molecule has 29 heavy (non-hydrogen) atoms. The highest BCUT2D eigenvalue weighted by Gasteiger charge is 2.33. The highest BCUT2D eigenvalue weighted by atomic mass is 35.5. The fourth-order valence-electron chi connectivity index (χ4n) is 3.16. The molecule has 6 nitrogen and oxygen atoms in total. The zero-order chi connectivity index (χ0) is 20.4. The van der Waals surface area contributed by atoms with Gasteiger partial charge in [-0.05, 0) is 49.3 Å². The molecule has 2 aliphatic heterocycles. The fraction of sp³-hybridized carbons (Fsp3) is 0.300. The SMILES string of the molecule is O=C1/C(=C\c2ccc(COc3cc(Cl)ccc3Cl)o2)NC(=S)N1CC1CCCO1. The molecule has 0 aliphatic carbocycles. The first-order valence-corrected chi connectivity index (χ1v) is 10.3. The number of hydrogen-bond acceptors (Lipinski definition) is 5. The molecule has 1 aromatic heterocycles.